The number of β-amino-alcohol motifs (C(OH)–C–C–N with tert-alkyl or cyclic N) is 2. The van der Waals surface area contributed by atoms with Crippen LogP contribution in [0.25, 0.3) is 11.1 Å². The lowest BCUT2D eigenvalue weighted by molar-refractivity contribution is -0.0964. The number of benzene rings is 1. The van der Waals surface area contributed by atoms with E-state index in [-0.39, 0.29) is 24.4 Å². The van der Waals surface area contributed by atoms with Gasteiger partial charge in [-0.25, -0.2) is 4.98 Å². The van der Waals surface area contributed by atoms with Gasteiger partial charge in [-0.1, -0.05) is 0 Å². The normalized spacial score (nSPS) is 17.7. The summed E-state index contributed by atoms with van der Waals surface area (Å²) < 4.78 is 29.8. The van der Waals surface area contributed by atoms with Crippen LogP contribution in [0.15, 0.2) is 55.0 Å². The van der Waals surface area contributed by atoms with Gasteiger partial charge in [0.25, 0.3) is 5.91 Å². The van der Waals surface area contributed by atoms with Crippen molar-refractivity contribution in [1.82, 2.24) is 9.97 Å². The molecule has 1 unspecified atom stereocenters. The van der Waals surface area contributed by atoms with E-state index in [0.29, 0.717) is 28.2 Å². The highest BCUT2D eigenvalue weighted by atomic mass is 35.5. The number of ether oxygens (including phenoxy) is 1. The number of aromatic nitrogens is 2. The van der Waals surface area contributed by atoms with Crippen molar-refractivity contribution in [3.8, 4) is 22.9 Å². The fourth-order valence-corrected chi connectivity index (χ4v) is 3.71. The zero-order valence-electron chi connectivity index (χ0n) is 17.9. The number of alkyl halides is 3. The minimum absolute atomic E-state index is 0.116. The molecule has 0 radical (unpaired) electrons. The molecule has 0 aliphatic carbocycles. The molecule has 0 spiro atoms. The van der Waals surface area contributed by atoms with Gasteiger partial charge in [0.05, 0.1) is 29.4 Å². The third-order valence-corrected chi connectivity index (χ3v) is 5.34. The zero-order chi connectivity index (χ0) is 25.2. The summed E-state index contributed by atoms with van der Waals surface area (Å²) in [6.07, 6.45) is 2.31. The Morgan fingerprint density at radius 1 is 1.17 bits per heavy atom. The SMILES string of the molecule is N#Cc1ccncc1-c1cc(C(=O)Nc2ccc(OC(F)(F)Cl)cc2)cnc1N1CC(O)[C@@H](O)C1. The number of hydrogen-bond acceptors (Lipinski definition) is 8. The van der Waals surface area contributed by atoms with Gasteiger partial charge in [0.1, 0.15) is 11.6 Å². The lowest BCUT2D eigenvalue weighted by Gasteiger charge is -2.21. The molecule has 4 rings (SSSR count). The van der Waals surface area contributed by atoms with E-state index in [0.717, 1.165) is 0 Å². The van der Waals surface area contributed by atoms with Crippen LogP contribution in [0, 0.1) is 11.3 Å². The van der Waals surface area contributed by atoms with Gasteiger partial charge in [0.2, 0.25) is 0 Å². The van der Waals surface area contributed by atoms with Crippen molar-refractivity contribution in [2.45, 2.75) is 17.8 Å². The highest BCUT2D eigenvalue weighted by Gasteiger charge is 2.32. The number of amides is 1. The van der Waals surface area contributed by atoms with Gasteiger partial charge in [0, 0.05) is 60.1 Å². The summed E-state index contributed by atoms with van der Waals surface area (Å²) in [6.45, 7) is 0.231. The highest BCUT2D eigenvalue weighted by Crippen LogP contribution is 2.34. The number of pyridine rings is 2. The van der Waals surface area contributed by atoms with Gasteiger partial charge in [-0.2, -0.15) is 5.26 Å². The van der Waals surface area contributed by atoms with Crippen LogP contribution in [0.2, 0.25) is 0 Å². The molecule has 0 bridgehead atoms. The van der Waals surface area contributed by atoms with Crippen molar-refractivity contribution in [3.05, 3.63) is 66.1 Å². The molecule has 1 fully saturated rings. The van der Waals surface area contributed by atoms with Crippen LogP contribution in [0.3, 0.4) is 0 Å². The number of rotatable bonds is 6. The molecule has 1 aliphatic rings. The van der Waals surface area contributed by atoms with Gasteiger partial charge >= 0.3 is 5.57 Å². The molecule has 2 aromatic heterocycles. The molecule has 35 heavy (non-hydrogen) atoms. The third-order valence-electron chi connectivity index (χ3n) is 5.26. The van der Waals surface area contributed by atoms with Crippen molar-refractivity contribution in [1.29, 1.82) is 5.26 Å². The summed E-state index contributed by atoms with van der Waals surface area (Å²) in [5.41, 5.74) is -2.28. The minimum Gasteiger partial charge on any atom is -0.420 e. The topological polar surface area (TPSA) is 132 Å². The average Bonchev–Trinajstić information content (AvgIpc) is 3.16. The first-order chi connectivity index (χ1) is 16.6. The number of nitrogens with one attached hydrogen (secondary N) is 1. The number of carbonyl (C=O) groups is 1. The number of carbonyl (C=O) groups excluding carboxylic acids is 1. The average molecular weight is 502 g/mol. The summed E-state index contributed by atoms with van der Waals surface area (Å²) >= 11 is 4.75. The van der Waals surface area contributed by atoms with Crippen LogP contribution in [0.4, 0.5) is 20.3 Å². The molecular formula is C23H18ClF2N5O4. The van der Waals surface area contributed by atoms with E-state index < -0.39 is 23.7 Å². The Hall–Kier alpha value is -3.85. The summed E-state index contributed by atoms with van der Waals surface area (Å²) in [7, 11) is 0. The minimum atomic E-state index is -3.86. The highest BCUT2D eigenvalue weighted by molar-refractivity contribution is 6.20. The number of nitrogens with zero attached hydrogens (tertiary/aromatic N) is 4. The molecule has 0 saturated carbocycles. The standard InChI is InChI=1S/C23H18ClF2N5O4/c24-23(25,26)35-16-3-1-15(2-4-16)30-22(34)14-7-17(18-10-28-6-5-13(18)8-27)21(29-9-14)31-11-19(32)20(33)12-31/h1-7,9-10,19-20,32-33H,11-12H2,(H,30,34)/t19-,20?/m0/s1. The maximum atomic E-state index is 12.9. The van der Waals surface area contributed by atoms with E-state index in [9.17, 15) is 29.1 Å². The molecule has 180 valence electrons. The molecule has 9 nitrogen and oxygen atoms in total. The predicted molar refractivity (Wildman–Crippen MR) is 122 cm³/mol. The van der Waals surface area contributed by atoms with Crippen LogP contribution < -0.4 is 15.0 Å². The number of aliphatic hydroxyl groups is 2. The van der Waals surface area contributed by atoms with Crippen molar-refractivity contribution in [2.75, 3.05) is 23.3 Å². The Balaban J connectivity index is 1.65. The number of halogens is 3. The molecule has 1 aliphatic heterocycles. The summed E-state index contributed by atoms with van der Waals surface area (Å²) in [5, 5.41) is 32.1. The van der Waals surface area contributed by atoms with Crippen LogP contribution in [-0.2, 0) is 0 Å². The third kappa shape index (κ3) is 5.63. The Labute approximate surface area is 203 Å². The van der Waals surface area contributed by atoms with Crippen LogP contribution in [-0.4, -0.2) is 57.0 Å². The summed E-state index contributed by atoms with van der Waals surface area (Å²) in [6, 6.07) is 10.3. The lowest BCUT2D eigenvalue weighted by Crippen LogP contribution is -2.23. The predicted octanol–water partition coefficient (Wildman–Crippen LogP) is 2.98. The molecule has 2 atom stereocenters. The van der Waals surface area contributed by atoms with E-state index in [1.165, 1.54) is 55.0 Å². The van der Waals surface area contributed by atoms with E-state index in [4.69, 9.17) is 11.6 Å². The Bertz CT molecular complexity index is 1270. The van der Waals surface area contributed by atoms with Gasteiger partial charge in [-0.05, 0) is 36.4 Å². The van der Waals surface area contributed by atoms with Gasteiger partial charge in [-0.15, -0.1) is 8.78 Å². The van der Waals surface area contributed by atoms with E-state index in [2.05, 4.69) is 26.1 Å². The van der Waals surface area contributed by atoms with Crippen LogP contribution in [0.1, 0.15) is 15.9 Å². The van der Waals surface area contributed by atoms with Gasteiger partial charge in [0.15, 0.2) is 0 Å². The summed E-state index contributed by atoms with van der Waals surface area (Å²) in [5.74, 6) is -0.373. The monoisotopic (exact) mass is 501 g/mol. The second kappa shape index (κ2) is 9.79. The first-order valence-corrected chi connectivity index (χ1v) is 10.6. The summed E-state index contributed by atoms with van der Waals surface area (Å²) in [4.78, 5) is 23.0. The molecule has 3 N–H and O–H groups in total. The molecule has 12 heteroatoms. The first-order valence-electron chi connectivity index (χ1n) is 10.3. The largest absolute Gasteiger partial charge is 0.487 e. The molecule has 1 amide bonds. The second-order valence-corrected chi connectivity index (χ2v) is 8.13. The van der Waals surface area contributed by atoms with Gasteiger partial charge < -0.3 is 25.2 Å². The number of hydrogen-bond donors (Lipinski definition) is 3. The fraction of sp³-hybridized carbons (Fsp3) is 0.217. The Morgan fingerprint density at radius 3 is 2.49 bits per heavy atom. The fourth-order valence-electron chi connectivity index (χ4n) is 3.62. The van der Waals surface area contributed by atoms with E-state index in [1.807, 2.05) is 0 Å². The smallest absolute Gasteiger partial charge is 0.420 e. The van der Waals surface area contributed by atoms with Crippen molar-refractivity contribution < 1.29 is 28.5 Å². The molecular weight excluding hydrogens is 484 g/mol. The molecule has 3 heterocycles. The second-order valence-electron chi connectivity index (χ2n) is 7.69. The van der Waals surface area contributed by atoms with Crippen molar-refractivity contribution in [3.63, 3.8) is 0 Å². The Morgan fingerprint density at radius 2 is 1.86 bits per heavy atom. The van der Waals surface area contributed by atoms with E-state index in [1.54, 1.807) is 4.90 Å². The lowest BCUT2D eigenvalue weighted by atomic mass is 10.0. The number of anilines is 2. The molecule has 3 aromatic rings. The number of aliphatic hydroxyl groups excluding tert-OH is 2. The van der Waals surface area contributed by atoms with Crippen LogP contribution in [0.5, 0.6) is 5.75 Å². The quantitative estimate of drug-likeness (QED) is 0.439. The zero-order valence-corrected chi connectivity index (χ0v) is 18.7. The number of nitriles is 1. The van der Waals surface area contributed by atoms with E-state index >= 15 is 0 Å². The van der Waals surface area contributed by atoms with Crippen molar-refractivity contribution in [2.24, 2.45) is 0 Å². The maximum Gasteiger partial charge on any atom is 0.487 e. The molecule has 1 aromatic carbocycles. The maximum absolute atomic E-state index is 12.9. The Kier molecular flexibility index (Phi) is 6.79. The van der Waals surface area contributed by atoms with Crippen LogP contribution >= 0.6 is 11.6 Å². The first kappa shape index (κ1) is 24.3. The van der Waals surface area contributed by atoms with Crippen molar-refractivity contribution >= 4 is 29.0 Å². The van der Waals surface area contributed by atoms with Gasteiger partial charge in [-0.3, -0.25) is 9.78 Å². The molecule has 1 saturated heterocycles.